The molecular weight excluding hydrogens is 220 g/mol. The van der Waals surface area contributed by atoms with Crippen molar-refractivity contribution in [3.63, 3.8) is 0 Å². The van der Waals surface area contributed by atoms with E-state index in [2.05, 4.69) is 31.3 Å². The summed E-state index contributed by atoms with van der Waals surface area (Å²) in [6.45, 7) is 4.53. The molecule has 1 aliphatic carbocycles. The van der Waals surface area contributed by atoms with Crippen LogP contribution in [0.4, 0.5) is 0 Å². The third-order valence-corrected chi connectivity index (χ3v) is 3.94. The van der Waals surface area contributed by atoms with Crippen LogP contribution in [0.25, 0.3) is 0 Å². The third-order valence-electron chi connectivity index (χ3n) is 3.94. The first-order chi connectivity index (χ1) is 8.69. The summed E-state index contributed by atoms with van der Waals surface area (Å²) < 4.78 is 0. The smallest absolute Gasteiger partial charge is 0.0991 e. The van der Waals surface area contributed by atoms with Crippen LogP contribution >= 0.6 is 0 Å². The van der Waals surface area contributed by atoms with Gasteiger partial charge in [-0.05, 0) is 43.4 Å². The summed E-state index contributed by atoms with van der Waals surface area (Å²) in [5.41, 5.74) is 1.96. The molecule has 0 aromatic heterocycles. The van der Waals surface area contributed by atoms with E-state index in [1.165, 1.54) is 31.2 Å². The van der Waals surface area contributed by atoms with Gasteiger partial charge in [-0.25, -0.2) is 0 Å². The van der Waals surface area contributed by atoms with E-state index >= 15 is 0 Å². The Morgan fingerprint density at radius 1 is 1.39 bits per heavy atom. The van der Waals surface area contributed by atoms with E-state index in [4.69, 9.17) is 5.26 Å². The minimum atomic E-state index is 0.327. The predicted octanol–water partition coefficient (Wildman–Crippen LogP) is 3.79. The van der Waals surface area contributed by atoms with E-state index < -0.39 is 0 Å². The lowest BCUT2D eigenvalue weighted by molar-refractivity contribution is 0.285. The van der Waals surface area contributed by atoms with Crippen molar-refractivity contribution in [1.29, 1.82) is 5.26 Å². The lowest BCUT2D eigenvalue weighted by atomic mass is 9.86. The predicted molar refractivity (Wildman–Crippen MR) is 74.1 cm³/mol. The maximum absolute atomic E-state index is 8.93. The Bertz CT molecular complexity index is 433. The molecule has 0 amide bonds. The SMILES string of the molecule is CC1CCCC(NC(C)c2cccc(C#N)c2)C1. The summed E-state index contributed by atoms with van der Waals surface area (Å²) in [7, 11) is 0. The minimum absolute atomic E-state index is 0.327. The van der Waals surface area contributed by atoms with Crippen LogP contribution in [0.1, 0.15) is 56.7 Å². The normalized spacial score (nSPS) is 25.4. The summed E-state index contributed by atoms with van der Waals surface area (Å²) >= 11 is 0. The molecule has 1 N–H and O–H groups in total. The monoisotopic (exact) mass is 242 g/mol. The second kappa shape index (κ2) is 6.02. The molecule has 96 valence electrons. The minimum Gasteiger partial charge on any atom is -0.307 e. The second-order valence-electron chi connectivity index (χ2n) is 5.59. The zero-order valence-electron chi connectivity index (χ0n) is 11.3. The molecule has 1 aromatic rings. The molecule has 1 aliphatic rings. The molecule has 0 aliphatic heterocycles. The highest BCUT2D eigenvalue weighted by Gasteiger charge is 2.20. The van der Waals surface area contributed by atoms with E-state index in [1.54, 1.807) is 0 Å². The van der Waals surface area contributed by atoms with Crippen molar-refractivity contribution in [1.82, 2.24) is 5.32 Å². The van der Waals surface area contributed by atoms with Crippen molar-refractivity contribution in [3.05, 3.63) is 35.4 Å². The van der Waals surface area contributed by atoms with Crippen LogP contribution in [0.5, 0.6) is 0 Å². The Balaban J connectivity index is 1.98. The molecule has 2 nitrogen and oxygen atoms in total. The number of hydrogen-bond donors (Lipinski definition) is 1. The molecular formula is C16H22N2. The van der Waals surface area contributed by atoms with Crippen molar-refractivity contribution < 1.29 is 0 Å². The molecule has 1 saturated carbocycles. The third kappa shape index (κ3) is 3.34. The number of hydrogen-bond acceptors (Lipinski definition) is 2. The van der Waals surface area contributed by atoms with Crippen LogP contribution in [-0.2, 0) is 0 Å². The maximum Gasteiger partial charge on any atom is 0.0991 e. The Morgan fingerprint density at radius 2 is 2.22 bits per heavy atom. The molecule has 2 heteroatoms. The molecule has 0 bridgehead atoms. The topological polar surface area (TPSA) is 35.8 Å². The second-order valence-corrected chi connectivity index (χ2v) is 5.59. The average Bonchev–Trinajstić information content (AvgIpc) is 2.39. The van der Waals surface area contributed by atoms with Gasteiger partial charge in [-0.3, -0.25) is 0 Å². The Hall–Kier alpha value is -1.33. The van der Waals surface area contributed by atoms with Gasteiger partial charge in [0.15, 0.2) is 0 Å². The molecule has 18 heavy (non-hydrogen) atoms. The first-order valence-electron chi connectivity index (χ1n) is 6.95. The van der Waals surface area contributed by atoms with Crippen molar-refractivity contribution in [3.8, 4) is 6.07 Å². The standard InChI is InChI=1S/C16H22N2/c1-12-5-3-8-16(9-12)18-13(2)15-7-4-6-14(10-15)11-17/h4,6-7,10,12-13,16,18H,3,5,8-9H2,1-2H3. The highest BCUT2D eigenvalue weighted by Crippen LogP contribution is 2.25. The highest BCUT2D eigenvalue weighted by atomic mass is 14.9. The molecule has 1 fully saturated rings. The summed E-state index contributed by atoms with van der Waals surface area (Å²) in [4.78, 5) is 0. The zero-order chi connectivity index (χ0) is 13.0. The zero-order valence-corrected chi connectivity index (χ0v) is 11.3. The summed E-state index contributed by atoms with van der Waals surface area (Å²) in [6, 6.07) is 11.1. The average molecular weight is 242 g/mol. The van der Waals surface area contributed by atoms with Crippen LogP contribution in [0.2, 0.25) is 0 Å². The van der Waals surface area contributed by atoms with Gasteiger partial charge in [0.2, 0.25) is 0 Å². The fraction of sp³-hybridized carbons (Fsp3) is 0.562. The number of benzene rings is 1. The quantitative estimate of drug-likeness (QED) is 0.875. The number of nitrogens with zero attached hydrogens (tertiary/aromatic N) is 1. The summed E-state index contributed by atoms with van der Waals surface area (Å²) in [5.74, 6) is 0.842. The molecule has 3 atom stereocenters. The van der Waals surface area contributed by atoms with Crippen LogP contribution in [0.15, 0.2) is 24.3 Å². The van der Waals surface area contributed by atoms with Gasteiger partial charge < -0.3 is 5.32 Å². The molecule has 0 radical (unpaired) electrons. The lowest BCUT2D eigenvalue weighted by Crippen LogP contribution is -2.35. The fourth-order valence-electron chi connectivity index (χ4n) is 2.91. The van der Waals surface area contributed by atoms with Crippen LogP contribution in [0, 0.1) is 17.2 Å². The first kappa shape index (κ1) is 13.1. The molecule has 3 unspecified atom stereocenters. The van der Waals surface area contributed by atoms with Gasteiger partial charge in [0.1, 0.15) is 0 Å². The van der Waals surface area contributed by atoms with Crippen molar-refractivity contribution in [2.75, 3.05) is 0 Å². The summed E-state index contributed by atoms with van der Waals surface area (Å²) in [5, 5.41) is 12.6. The maximum atomic E-state index is 8.93. The van der Waals surface area contributed by atoms with E-state index in [0.717, 1.165) is 11.5 Å². The van der Waals surface area contributed by atoms with Gasteiger partial charge in [-0.1, -0.05) is 31.9 Å². The van der Waals surface area contributed by atoms with Crippen molar-refractivity contribution >= 4 is 0 Å². The molecule has 0 saturated heterocycles. The van der Waals surface area contributed by atoms with E-state index in [1.807, 2.05) is 18.2 Å². The Kier molecular flexibility index (Phi) is 4.38. The fourth-order valence-corrected chi connectivity index (χ4v) is 2.91. The summed E-state index contributed by atoms with van der Waals surface area (Å²) in [6.07, 6.45) is 5.27. The molecule has 0 spiro atoms. The van der Waals surface area contributed by atoms with Gasteiger partial charge in [-0.15, -0.1) is 0 Å². The van der Waals surface area contributed by atoms with Crippen LogP contribution in [0.3, 0.4) is 0 Å². The Morgan fingerprint density at radius 3 is 2.94 bits per heavy atom. The largest absolute Gasteiger partial charge is 0.307 e. The van der Waals surface area contributed by atoms with Gasteiger partial charge in [-0.2, -0.15) is 5.26 Å². The Labute approximate surface area is 110 Å². The highest BCUT2D eigenvalue weighted by molar-refractivity contribution is 5.34. The molecule has 2 rings (SSSR count). The van der Waals surface area contributed by atoms with Gasteiger partial charge in [0, 0.05) is 12.1 Å². The molecule has 0 heterocycles. The number of nitriles is 1. The van der Waals surface area contributed by atoms with E-state index in [9.17, 15) is 0 Å². The van der Waals surface area contributed by atoms with Crippen molar-refractivity contribution in [2.45, 2.75) is 51.6 Å². The number of nitrogens with one attached hydrogen (secondary N) is 1. The van der Waals surface area contributed by atoms with Crippen molar-refractivity contribution in [2.24, 2.45) is 5.92 Å². The van der Waals surface area contributed by atoms with Crippen LogP contribution in [-0.4, -0.2) is 6.04 Å². The van der Waals surface area contributed by atoms with E-state index in [-0.39, 0.29) is 0 Å². The van der Waals surface area contributed by atoms with Crippen LogP contribution < -0.4 is 5.32 Å². The lowest BCUT2D eigenvalue weighted by Gasteiger charge is -2.30. The number of rotatable bonds is 3. The van der Waals surface area contributed by atoms with Gasteiger partial charge >= 0.3 is 0 Å². The van der Waals surface area contributed by atoms with Gasteiger partial charge in [0.25, 0.3) is 0 Å². The molecule has 1 aromatic carbocycles. The van der Waals surface area contributed by atoms with E-state index in [0.29, 0.717) is 12.1 Å². The first-order valence-corrected chi connectivity index (χ1v) is 6.95. The van der Waals surface area contributed by atoms with Gasteiger partial charge in [0.05, 0.1) is 11.6 Å².